The standard InChI is InChI=1S/C22H20F8N2O2/c23-17-7-6-16(10-18(17)24)31-20(33)34-19(22(28,29)30)12-32-8-2-4-14(11-32)13-3-1-5-15(9-13)21(25,26)27/h1,3,5-7,9-10,14,19H,2,4,8,11-12H2,(H,31,33). The van der Waals surface area contributed by atoms with Gasteiger partial charge in [-0.2, -0.15) is 26.3 Å². The first-order valence-electron chi connectivity index (χ1n) is 10.2. The van der Waals surface area contributed by atoms with Gasteiger partial charge in [0.25, 0.3) is 0 Å². The van der Waals surface area contributed by atoms with Crippen LogP contribution in [0.3, 0.4) is 0 Å². The Hall–Kier alpha value is -2.89. The first-order valence-corrected chi connectivity index (χ1v) is 10.2. The van der Waals surface area contributed by atoms with Gasteiger partial charge in [-0.1, -0.05) is 18.2 Å². The Balaban J connectivity index is 1.66. The molecule has 2 unspecified atom stereocenters. The number of carbonyl (C=O) groups is 1. The Morgan fingerprint density at radius 3 is 2.44 bits per heavy atom. The number of anilines is 1. The molecule has 2 aromatic rings. The average molecular weight is 496 g/mol. The van der Waals surface area contributed by atoms with E-state index in [0.29, 0.717) is 30.5 Å². The highest BCUT2D eigenvalue weighted by Gasteiger charge is 2.44. The van der Waals surface area contributed by atoms with Crippen molar-refractivity contribution >= 4 is 11.8 Å². The van der Waals surface area contributed by atoms with E-state index in [4.69, 9.17) is 0 Å². The van der Waals surface area contributed by atoms with Crippen LogP contribution in [-0.2, 0) is 10.9 Å². The van der Waals surface area contributed by atoms with E-state index in [0.717, 1.165) is 18.2 Å². The normalized spacial score (nSPS) is 18.4. The number of hydrogen-bond donors (Lipinski definition) is 1. The van der Waals surface area contributed by atoms with Crippen molar-refractivity contribution in [3.8, 4) is 0 Å². The van der Waals surface area contributed by atoms with Crippen molar-refractivity contribution in [1.82, 2.24) is 4.90 Å². The van der Waals surface area contributed by atoms with Crippen molar-refractivity contribution in [2.45, 2.75) is 37.2 Å². The molecule has 0 saturated carbocycles. The molecule has 0 radical (unpaired) electrons. The number of piperidine rings is 1. The molecule has 1 N–H and O–H groups in total. The van der Waals surface area contributed by atoms with Gasteiger partial charge in [0, 0.05) is 24.8 Å². The van der Waals surface area contributed by atoms with E-state index in [-0.39, 0.29) is 18.8 Å². The van der Waals surface area contributed by atoms with Crippen LogP contribution in [0.1, 0.15) is 29.9 Å². The lowest BCUT2D eigenvalue weighted by atomic mass is 9.89. The van der Waals surface area contributed by atoms with Crippen molar-refractivity contribution in [2.24, 2.45) is 0 Å². The van der Waals surface area contributed by atoms with Crippen molar-refractivity contribution in [1.29, 1.82) is 0 Å². The van der Waals surface area contributed by atoms with Gasteiger partial charge < -0.3 is 4.74 Å². The van der Waals surface area contributed by atoms with Gasteiger partial charge in [-0.05, 0) is 49.1 Å². The molecule has 12 heteroatoms. The predicted molar refractivity (Wildman–Crippen MR) is 106 cm³/mol. The van der Waals surface area contributed by atoms with E-state index in [1.807, 2.05) is 5.32 Å². The second-order valence-corrected chi connectivity index (χ2v) is 7.91. The highest BCUT2D eigenvalue weighted by atomic mass is 19.4. The zero-order valence-corrected chi connectivity index (χ0v) is 17.5. The van der Waals surface area contributed by atoms with Gasteiger partial charge in [0.15, 0.2) is 11.6 Å². The number of alkyl halides is 6. The summed E-state index contributed by atoms with van der Waals surface area (Å²) in [5.74, 6) is -2.94. The van der Waals surface area contributed by atoms with Gasteiger partial charge in [-0.3, -0.25) is 10.2 Å². The number of nitrogens with zero attached hydrogens (tertiary/aromatic N) is 1. The number of benzene rings is 2. The molecule has 1 fully saturated rings. The fraction of sp³-hybridized carbons (Fsp3) is 0.409. The molecule has 34 heavy (non-hydrogen) atoms. The Kier molecular flexibility index (Phi) is 7.69. The summed E-state index contributed by atoms with van der Waals surface area (Å²) in [7, 11) is 0. The zero-order chi connectivity index (χ0) is 25.1. The maximum Gasteiger partial charge on any atom is 0.426 e. The van der Waals surface area contributed by atoms with Crippen molar-refractivity contribution in [2.75, 3.05) is 25.0 Å². The Morgan fingerprint density at radius 2 is 1.79 bits per heavy atom. The highest BCUT2D eigenvalue weighted by Crippen LogP contribution is 2.34. The molecule has 0 bridgehead atoms. The molecule has 1 aliphatic heterocycles. The topological polar surface area (TPSA) is 41.6 Å². The summed E-state index contributed by atoms with van der Waals surface area (Å²) >= 11 is 0. The zero-order valence-electron chi connectivity index (χ0n) is 17.5. The molecular formula is C22H20F8N2O2. The second-order valence-electron chi connectivity index (χ2n) is 7.91. The molecule has 0 aromatic heterocycles. The fourth-order valence-electron chi connectivity index (χ4n) is 3.75. The minimum Gasteiger partial charge on any atom is -0.435 e. The number of rotatable bonds is 5. The Labute approximate surface area is 189 Å². The largest absolute Gasteiger partial charge is 0.435 e. The van der Waals surface area contributed by atoms with Gasteiger partial charge in [0.1, 0.15) is 0 Å². The molecule has 1 amide bonds. The highest BCUT2D eigenvalue weighted by molar-refractivity contribution is 5.84. The average Bonchev–Trinajstić information content (AvgIpc) is 2.75. The Morgan fingerprint density at radius 1 is 1.06 bits per heavy atom. The number of nitrogens with one attached hydrogen (secondary N) is 1. The summed E-state index contributed by atoms with van der Waals surface area (Å²) in [6.45, 7) is -0.456. The lowest BCUT2D eigenvalue weighted by Gasteiger charge is -2.35. The van der Waals surface area contributed by atoms with E-state index in [2.05, 4.69) is 4.74 Å². The quantitative estimate of drug-likeness (QED) is 0.491. The lowest BCUT2D eigenvalue weighted by Crippen LogP contribution is -2.47. The van der Waals surface area contributed by atoms with Crippen molar-refractivity contribution in [3.05, 3.63) is 65.2 Å². The maximum atomic E-state index is 13.5. The smallest absolute Gasteiger partial charge is 0.426 e. The third-order valence-corrected chi connectivity index (χ3v) is 5.40. The summed E-state index contributed by atoms with van der Waals surface area (Å²) in [5, 5.41) is 1.91. The van der Waals surface area contributed by atoms with Crippen LogP contribution < -0.4 is 5.32 Å². The number of carbonyl (C=O) groups excluding carboxylic acids is 1. The van der Waals surface area contributed by atoms with E-state index in [9.17, 15) is 39.9 Å². The van der Waals surface area contributed by atoms with Gasteiger partial charge in [-0.25, -0.2) is 13.6 Å². The van der Waals surface area contributed by atoms with Crippen molar-refractivity contribution < 1.29 is 44.7 Å². The molecule has 186 valence electrons. The van der Waals surface area contributed by atoms with Gasteiger partial charge in [0.2, 0.25) is 6.10 Å². The van der Waals surface area contributed by atoms with Crippen LogP contribution in [0, 0.1) is 11.6 Å². The van der Waals surface area contributed by atoms with Gasteiger partial charge in [0.05, 0.1) is 5.56 Å². The van der Waals surface area contributed by atoms with E-state index < -0.39 is 54.2 Å². The van der Waals surface area contributed by atoms with Crippen LogP contribution in [0.4, 0.5) is 45.6 Å². The number of amides is 1. The summed E-state index contributed by atoms with van der Waals surface area (Å²) in [4.78, 5) is 13.3. The number of ether oxygens (including phenoxy) is 1. The fourth-order valence-corrected chi connectivity index (χ4v) is 3.75. The van der Waals surface area contributed by atoms with Crippen LogP contribution in [0.2, 0.25) is 0 Å². The second kappa shape index (κ2) is 10.2. The van der Waals surface area contributed by atoms with E-state index in [1.165, 1.54) is 17.0 Å². The van der Waals surface area contributed by atoms with E-state index in [1.54, 1.807) is 0 Å². The molecule has 1 heterocycles. The minimum atomic E-state index is -4.94. The summed E-state index contributed by atoms with van der Waals surface area (Å²) in [6, 6.07) is 6.88. The summed E-state index contributed by atoms with van der Waals surface area (Å²) < 4.78 is 110. The molecule has 4 nitrogen and oxygen atoms in total. The molecular weight excluding hydrogens is 476 g/mol. The molecule has 0 aliphatic carbocycles. The van der Waals surface area contributed by atoms with Crippen LogP contribution in [-0.4, -0.2) is 42.9 Å². The third kappa shape index (κ3) is 6.81. The number of halogens is 8. The van der Waals surface area contributed by atoms with Crippen LogP contribution in [0.25, 0.3) is 0 Å². The third-order valence-electron chi connectivity index (χ3n) is 5.40. The van der Waals surface area contributed by atoms with Crippen molar-refractivity contribution in [3.63, 3.8) is 0 Å². The minimum absolute atomic E-state index is 0.0437. The molecule has 1 saturated heterocycles. The summed E-state index contributed by atoms with van der Waals surface area (Å²) in [6.07, 6.45) is -12.6. The first-order chi connectivity index (χ1) is 15.8. The molecule has 2 atom stereocenters. The summed E-state index contributed by atoms with van der Waals surface area (Å²) in [5.41, 5.74) is -0.778. The van der Waals surface area contributed by atoms with Crippen LogP contribution in [0.5, 0.6) is 0 Å². The maximum absolute atomic E-state index is 13.5. The molecule has 0 spiro atoms. The molecule has 2 aromatic carbocycles. The Bertz CT molecular complexity index is 1010. The van der Waals surface area contributed by atoms with Gasteiger partial charge in [-0.15, -0.1) is 0 Å². The van der Waals surface area contributed by atoms with Gasteiger partial charge >= 0.3 is 18.4 Å². The van der Waals surface area contributed by atoms with E-state index >= 15 is 0 Å². The van der Waals surface area contributed by atoms with Crippen LogP contribution >= 0.6 is 0 Å². The monoisotopic (exact) mass is 496 g/mol. The SMILES string of the molecule is O=C(Nc1ccc(F)c(F)c1)OC(CN1CCCC(c2cccc(C(F)(F)F)c2)C1)C(F)(F)F. The molecule has 3 rings (SSSR count). The lowest BCUT2D eigenvalue weighted by molar-refractivity contribution is -0.207. The first kappa shape index (κ1) is 25.7. The number of hydrogen-bond acceptors (Lipinski definition) is 3. The van der Waals surface area contributed by atoms with Crippen LogP contribution in [0.15, 0.2) is 42.5 Å². The molecule has 1 aliphatic rings. The predicted octanol–water partition coefficient (Wildman–Crippen LogP) is 6.34. The number of likely N-dealkylation sites (tertiary alicyclic amines) is 1.